The fourth-order valence-corrected chi connectivity index (χ4v) is 2.99. The lowest BCUT2D eigenvalue weighted by atomic mass is 9.78. The zero-order chi connectivity index (χ0) is 15.6. The monoisotopic (exact) mass is 294 g/mol. The Morgan fingerprint density at radius 3 is 2.76 bits per heavy atom. The van der Waals surface area contributed by atoms with E-state index in [0.717, 1.165) is 0 Å². The second kappa shape index (κ2) is 5.85. The molecule has 0 saturated carbocycles. The predicted molar refractivity (Wildman–Crippen MR) is 77.7 cm³/mol. The molecule has 116 valence electrons. The Labute approximate surface area is 124 Å². The molecule has 2 heterocycles. The van der Waals surface area contributed by atoms with Crippen LogP contribution in [0, 0.1) is 5.41 Å². The minimum Gasteiger partial charge on any atom is -0.444 e. The van der Waals surface area contributed by atoms with Gasteiger partial charge in [0.1, 0.15) is 18.2 Å². The van der Waals surface area contributed by atoms with Gasteiger partial charge in [-0.25, -0.2) is 14.8 Å². The first kappa shape index (κ1) is 15.5. The Bertz CT molecular complexity index is 489. The molecule has 1 fully saturated rings. The minimum atomic E-state index is -0.828. The van der Waals surface area contributed by atoms with Gasteiger partial charge in [-0.3, -0.25) is 0 Å². The van der Waals surface area contributed by atoms with Crippen LogP contribution in [0.5, 0.6) is 0 Å². The van der Waals surface area contributed by atoms with Gasteiger partial charge >= 0.3 is 6.09 Å². The van der Waals surface area contributed by atoms with Gasteiger partial charge in [-0.2, -0.15) is 0 Å². The first-order valence-electron chi connectivity index (χ1n) is 6.96. The summed E-state index contributed by atoms with van der Waals surface area (Å²) in [6.45, 7) is 6.60. The number of carbonyl (C=O) groups is 1. The first-order chi connectivity index (χ1) is 9.79. The van der Waals surface area contributed by atoms with Gasteiger partial charge in [-0.1, -0.05) is 20.8 Å². The number of aliphatic hydroxyl groups is 1. The summed E-state index contributed by atoms with van der Waals surface area (Å²) < 4.78 is 5.25. The molecule has 3 N–H and O–H groups in total. The Kier molecular flexibility index (Phi) is 4.32. The SMILES string of the molecule is CC(C)(C)C1C(OC(N)=O)CC(O)CN1c1ccncn1. The number of β-amino-alcohol motifs (C(OH)–C–C–N with tert-alkyl or cyclic N) is 1. The predicted octanol–water partition coefficient (Wildman–Crippen LogP) is 0.926. The van der Waals surface area contributed by atoms with Crippen LogP contribution < -0.4 is 10.6 Å². The van der Waals surface area contributed by atoms with Crippen molar-refractivity contribution in [2.24, 2.45) is 11.1 Å². The number of hydrogen-bond acceptors (Lipinski definition) is 6. The number of piperidine rings is 1. The van der Waals surface area contributed by atoms with Gasteiger partial charge in [0.2, 0.25) is 0 Å². The second-order valence-electron chi connectivity index (χ2n) is 6.40. The summed E-state index contributed by atoms with van der Waals surface area (Å²) in [5.74, 6) is 0.696. The molecule has 0 aliphatic carbocycles. The topological polar surface area (TPSA) is 102 Å². The van der Waals surface area contributed by atoms with Crippen molar-refractivity contribution < 1.29 is 14.6 Å². The summed E-state index contributed by atoms with van der Waals surface area (Å²) in [6, 6.07) is 1.64. The molecule has 3 unspecified atom stereocenters. The largest absolute Gasteiger partial charge is 0.444 e. The minimum absolute atomic E-state index is 0.136. The molecule has 21 heavy (non-hydrogen) atoms. The van der Waals surface area contributed by atoms with Crippen LogP contribution in [-0.4, -0.2) is 46.0 Å². The molecule has 1 amide bonds. The molecule has 0 radical (unpaired) electrons. The van der Waals surface area contributed by atoms with Crippen molar-refractivity contribution in [3.05, 3.63) is 18.6 Å². The standard InChI is InChI=1S/C14H22N4O3/c1-14(2,3)12-10(21-13(15)20)6-9(19)7-18(12)11-4-5-16-8-17-11/h4-5,8-10,12,19H,6-7H2,1-3H3,(H2,15,20). The lowest BCUT2D eigenvalue weighted by Gasteiger charge is -2.48. The van der Waals surface area contributed by atoms with E-state index in [4.69, 9.17) is 10.5 Å². The van der Waals surface area contributed by atoms with Crippen molar-refractivity contribution in [3.8, 4) is 0 Å². The second-order valence-corrected chi connectivity index (χ2v) is 6.40. The maximum Gasteiger partial charge on any atom is 0.404 e. The molecule has 7 heteroatoms. The van der Waals surface area contributed by atoms with E-state index in [1.807, 2.05) is 4.90 Å². The van der Waals surface area contributed by atoms with E-state index in [2.05, 4.69) is 30.7 Å². The van der Waals surface area contributed by atoms with E-state index in [9.17, 15) is 9.90 Å². The maximum atomic E-state index is 11.2. The van der Waals surface area contributed by atoms with Crippen molar-refractivity contribution in [3.63, 3.8) is 0 Å². The number of amides is 1. The number of nitrogens with zero attached hydrogens (tertiary/aromatic N) is 3. The summed E-state index contributed by atoms with van der Waals surface area (Å²) in [6.07, 6.45) is 1.55. The highest BCUT2D eigenvalue weighted by Crippen LogP contribution is 2.36. The summed E-state index contributed by atoms with van der Waals surface area (Å²) in [5.41, 5.74) is 4.98. The van der Waals surface area contributed by atoms with Crippen molar-refractivity contribution >= 4 is 11.9 Å². The number of rotatable bonds is 2. The molecule has 1 aromatic heterocycles. The average Bonchev–Trinajstić information content (AvgIpc) is 2.36. The maximum absolute atomic E-state index is 11.2. The molecule has 1 aliphatic heterocycles. The lowest BCUT2D eigenvalue weighted by molar-refractivity contribution is -0.00206. The average molecular weight is 294 g/mol. The first-order valence-corrected chi connectivity index (χ1v) is 6.96. The number of hydrogen-bond donors (Lipinski definition) is 2. The summed E-state index contributed by atoms with van der Waals surface area (Å²) in [5, 5.41) is 10.1. The third-order valence-corrected chi connectivity index (χ3v) is 3.62. The number of carbonyl (C=O) groups excluding carboxylic acids is 1. The Morgan fingerprint density at radius 1 is 1.52 bits per heavy atom. The fourth-order valence-electron chi connectivity index (χ4n) is 2.99. The molecule has 0 aromatic carbocycles. The van der Waals surface area contributed by atoms with E-state index in [1.165, 1.54) is 6.33 Å². The molecule has 1 saturated heterocycles. The zero-order valence-corrected chi connectivity index (χ0v) is 12.6. The number of aromatic nitrogens is 2. The Morgan fingerprint density at radius 2 is 2.24 bits per heavy atom. The molecule has 1 aromatic rings. The number of nitrogens with two attached hydrogens (primary N) is 1. The molecule has 1 aliphatic rings. The van der Waals surface area contributed by atoms with E-state index < -0.39 is 18.3 Å². The number of primary amides is 1. The van der Waals surface area contributed by atoms with Crippen molar-refractivity contribution in [1.29, 1.82) is 0 Å². The van der Waals surface area contributed by atoms with Crippen LogP contribution in [0.3, 0.4) is 0 Å². The normalized spacial score (nSPS) is 26.5. The smallest absolute Gasteiger partial charge is 0.404 e. The molecule has 0 spiro atoms. The molecular formula is C14H22N4O3. The van der Waals surface area contributed by atoms with Gasteiger partial charge in [0.25, 0.3) is 0 Å². The Hall–Kier alpha value is -1.89. The highest BCUT2D eigenvalue weighted by molar-refractivity contribution is 5.65. The Balaban J connectivity index is 2.37. The quantitative estimate of drug-likeness (QED) is 0.841. The highest BCUT2D eigenvalue weighted by atomic mass is 16.6. The number of anilines is 1. The molecule has 0 bridgehead atoms. The molecular weight excluding hydrogens is 272 g/mol. The zero-order valence-electron chi connectivity index (χ0n) is 12.6. The van der Waals surface area contributed by atoms with E-state index in [0.29, 0.717) is 18.8 Å². The van der Waals surface area contributed by atoms with Gasteiger partial charge in [0, 0.05) is 19.2 Å². The summed E-state index contributed by atoms with van der Waals surface area (Å²) in [4.78, 5) is 21.3. The third kappa shape index (κ3) is 3.60. The van der Waals surface area contributed by atoms with Crippen molar-refractivity contribution in [1.82, 2.24) is 9.97 Å². The van der Waals surface area contributed by atoms with Gasteiger partial charge in [-0.05, 0) is 11.5 Å². The summed E-state index contributed by atoms with van der Waals surface area (Å²) in [7, 11) is 0. The third-order valence-electron chi connectivity index (χ3n) is 3.62. The molecule has 3 atom stereocenters. The van der Waals surface area contributed by atoms with E-state index >= 15 is 0 Å². The van der Waals surface area contributed by atoms with Gasteiger partial charge in [0.05, 0.1) is 12.1 Å². The van der Waals surface area contributed by atoms with Gasteiger partial charge in [0.15, 0.2) is 0 Å². The van der Waals surface area contributed by atoms with Crippen LogP contribution in [0.1, 0.15) is 27.2 Å². The van der Waals surface area contributed by atoms with Crippen LogP contribution >= 0.6 is 0 Å². The molecule has 7 nitrogen and oxygen atoms in total. The number of aliphatic hydroxyl groups excluding tert-OH is 1. The van der Waals surface area contributed by atoms with E-state index in [-0.39, 0.29) is 11.5 Å². The highest BCUT2D eigenvalue weighted by Gasteiger charge is 2.44. The fraction of sp³-hybridized carbons (Fsp3) is 0.643. The molecule has 2 rings (SSSR count). The van der Waals surface area contributed by atoms with E-state index in [1.54, 1.807) is 12.3 Å². The van der Waals surface area contributed by atoms with Gasteiger partial charge in [-0.15, -0.1) is 0 Å². The van der Waals surface area contributed by atoms with Crippen LogP contribution in [0.25, 0.3) is 0 Å². The van der Waals surface area contributed by atoms with Crippen LogP contribution in [0.4, 0.5) is 10.6 Å². The van der Waals surface area contributed by atoms with Gasteiger partial charge < -0.3 is 20.5 Å². The van der Waals surface area contributed by atoms with Crippen molar-refractivity contribution in [2.45, 2.75) is 45.4 Å². The van der Waals surface area contributed by atoms with Crippen LogP contribution in [0.15, 0.2) is 18.6 Å². The number of ether oxygens (including phenoxy) is 1. The van der Waals surface area contributed by atoms with Crippen molar-refractivity contribution in [2.75, 3.05) is 11.4 Å². The summed E-state index contributed by atoms with van der Waals surface area (Å²) >= 11 is 0. The van der Waals surface area contributed by atoms with Crippen LogP contribution in [-0.2, 0) is 4.74 Å². The lowest BCUT2D eigenvalue weighted by Crippen LogP contribution is -2.60. The van der Waals surface area contributed by atoms with Crippen LogP contribution in [0.2, 0.25) is 0 Å².